The molecule has 68 valence electrons. The highest BCUT2D eigenvalue weighted by atomic mass is 79.9. The SMILES string of the molecule is CCCCn1c(Br)nc(Br)c1Br. The smallest absolute Gasteiger partial charge is 0.179 e. The Bertz CT molecular complexity index is 270. The van der Waals surface area contributed by atoms with Crippen LogP contribution in [-0.4, -0.2) is 9.55 Å². The summed E-state index contributed by atoms with van der Waals surface area (Å²) in [7, 11) is 0. The van der Waals surface area contributed by atoms with Gasteiger partial charge in [-0.25, -0.2) is 4.98 Å². The van der Waals surface area contributed by atoms with E-state index in [4.69, 9.17) is 0 Å². The van der Waals surface area contributed by atoms with Crippen LogP contribution < -0.4 is 0 Å². The van der Waals surface area contributed by atoms with Crippen molar-refractivity contribution in [3.05, 3.63) is 13.9 Å². The molecule has 0 unspecified atom stereocenters. The number of rotatable bonds is 3. The number of hydrogen-bond acceptors (Lipinski definition) is 1. The summed E-state index contributed by atoms with van der Waals surface area (Å²) in [5, 5.41) is 0. The van der Waals surface area contributed by atoms with Gasteiger partial charge in [-0.1, -0.05) is 13.3 Å². The van der Waals surface area contributed by atoms with Crippen LogP contribution in [0.4, 0.5) is 0 Å². The summed E-state index contributed by atoms with van der Waals surface area (Å²) in [4.78, 5) is 4.21. The second-order valence-corrected chi connectivity index (χ2v) is 4.68. The molecule has 0 atom stereocenters. The molecule has 0 bridgehead atoms. The van der Waals surface area contributed by atoms with Gasteiger partial charge in [0.25, 0.3) is 0 Å². The Morgan fingerprint density at radius 2 is 2.00 bits per heavy atom. The lowest BCUT2D eigenvalue weighted by Crippen LogP contribution is -1.97. The molecule has 2 nitrogen and oxygen atoms in total. The van der Waals surface area contributed by atoms with E-state index in [2.05, 4.69) is 64.3 Å². The van der Waals surface area contributed by atoms with E-state index in [0.717, 1.165) is 20.5 Å². The lowest BCUT2D eigenvalue weighted by Gasteiger charge is -2.03. The second-order valence-electron chi connectivity index (χ2n) is 2.47. The number of aromatic nitrogens is 2. The highest BCUT2D eigenvalue weighted by Crippen LogP contribution is 2.26. The Balaban J connectivity index is 2.82. The van der Waals surface area contributed by atoms with Gasteiger partial charge >= 0.3 is 0 Å². The van der Waals surface area contributed by atoms with E-state index in [1.807, 2.05) is 0 Å². The maximum Gasteiger partial charge on any atom is 0.179 e. The average Bonchev–Trinajstić information content (AvgIpc) is 2.25. The minimum atomic E-state index is 0.852. The zero-order valence-electron chi connectivity index (χ0n) is 6.65. The van der Waals surface area contributed by atoms with Crippen molar-refractivity contribution >= 4 is 47.8 Å². The fraction of sp³-hybridized carbons (Fsp3) is 0.571. The lowest BCUT2D eigenvalue weighted by atomic mass is 10.3. The predicted molar refractivity (Wildman–Crippen MR) is 60.2 cm³/mol. The van der Waals surface area contributed by atoms with Crippen LogP contribution in [0.15, 0.2) is 13.9 Å². The molecule has 0 aliphatic carbocycles. The number of nitrogens with zero attached hydrogens (tertiary/aromatic N) is 2. The topological polar surface area (TPSA) is 17.8 Å². The van der Waals surface area contributed by atoms with Gasteiger partial charge in [0.05, 0.1) is 0 Å². The molecule has 1 heterocycles. The van der Waals surface area contributed by atoms with Crippen molar-refractivity contribution in [2.45, 2.75) is 26.3 Å². The molecular formula is C7H9Br3N2. The summed E-state index contributed by atoms with van der Waals surface area (Å²) in [6.45, 7) is 3.17. The van der Waals surface area contributed by atoms with Gasteiger partial charge in [-0.2, -0.15) is 0 Å². The Kier molecular flexibility index (Phi) is 4.26. The number of imidazole rings is 1. The van der Waals surface area contributed by atoms with Crippen molar-refractivity contribution in [2.75, 3.05) is 0 Å². The van der Waals surface area contributed by atoms with Crippen LogP contribution >= 0.6 is 47.8 Å². The summed E-state index contributed by atoms with van der Waals surface area (Å²) in [5.74, 6) is 0. The Hall–Kier alpha value is 0.650. The summed E-state index contributed by atoms with van der Waals surface area (Å²) >= 11 is 10.2. The fourth-order valence-corrected chi connectivity index (χ4v) is 2.71. The first kappa shape index (κ1) is 10.7. The first-order valence-corrected chi connectivity index (χ1v) is 6.11. The second kappa shape index (κ2) is 4.77. The van der Waals surface area contributed by atoms with E-state index in [0.29, 0.717) is 0 Å². The molecule has 0 aromatic carbocycles. The first-order chi connectivity index (χ1) is 5.66. The standard InChI is InChI=1S/C7H9Br3N2/c1-2-3-4-12-6(9)5(8)11-7(12)10/h2-4H2,1H3. The Morgan fingerprint density at radius 3 is 2.42 bits per heavy atom. The van der Waals surface area contributed by atoms with Gasteiger partial charge in [0.1, 0.15) is 9.21 Å². The van der Waals surface area contributed by atoms with Crippen molar-refractivity contribution in [3.8, 4) is 0 Å². The van der Waals surface area contributed by atoms with E-state index < -0.39 is 0 Å². The van der Waals surface area contributed by atoms with Crippen molar-refractivity contribution in [3.63, 3.8) is 0 Å². The molecular weight excluding hydrogens is 352 g/mol. The molecule has 1 aromatic heterocycles. The van der Waals surface area contributed by atoms with Gasteiger partial charge in [-0.3, -0.25) is 0 Å². The van der Waals surface area contributed by atoms with Crippen molar-refractivity contribution in [1.82, 2.24) is 9.55 Å². The number of unbranched alkanes of at least 4 members (excludes halogenated alkanes) is 1. The van der Waals surface area contributed by atoms with E-state index in [-0.39, 0.29) is 0 Å². The van der Waals surface area contributed by atoms with Gasteiger partial charge in [0.2, 0.25) is 0 Å². The van der Waals surface area contributed by atoms with Gasteiger partial charge < -0.3 is 4.57 Å². The quantitative estimate of drug-likeness (QED) is 0.797. The fourth-order valence-electron chi connectivity index (χ4n) is 0.886. The highest BCUT2D eigenvalue weighted by Gasteiger charge is 2.09. The molecule has 0 radical (unpaired) electrons. The molecule has 1 aromatic rings. The Morgan fingerprint density at radius 1 is 1.33 bits per heavy atom. The molecule has 0 saturated carbocycles. The number of hydrogen-bond donors (Lipinski definition) is 0. The van der Waals surface area contributed by atoms with Crippen molar-refractivity contribution in [2.24, 2.45) is 0 Å². The molecule has 0 spiro atoms. The molecule has 5 heteroatoms. The third kappa shape index (κ3) is 2.33. The maximum absolute atomic E-state index is 4.21. The number of halogens is 3. The normalized spacial score (nSPS) is 10.7. The third-order valence-electron chi connectivity index (χ3n) is 1.56. The van der Waals surface area contributed by atoms with Crippen LogP contribution in [0.1, 0.15) is 19.8 Å². The summed E-state index contributed by atoms with van der Waals surface area (Å²) in [6, 6.07) is 0. The van der Waals surface area contributed by atoms with Crippen molar-refractivity contribution < 1.29 is 0 Å². The zero-order valence-corrected chi connectivity index (χ0v) is 11.4. The average molecular weight is 361 g/mol. The Labute approximate surface area is 97.1 Å². The highest BCUT2D eigenvalue weighted by molar-refractivity contribution is 9.13. The molecule has 0 saturated heterocycles. The van der Waals surface area contributed by atoms with E-state index >= 15 is 0 Å². The summed E-state index contributed by atoms with van der Waals surface area (Å²) < 4.78 is 4.82. The van der Waals surface area contributed by atoms with E-state index in [1.54, 1.807) is 0 Å². The monoisotopic (exact) mass is 358 g/mol. The zero-order chi connectivity index (χ0) is 9.14. The molecule has 1 rings (SSSR count). The summed E-state index contributed by atoms with van der Waals surface area (Å²) in [5.41, 5.74) is 0. The predicted octanol–water partition coefficient (Wildman–Crippen LogP) is 3.97. The minimum absolute atomic E-state index is 0.852. The first-order valence-electron chi connectivity index (χ1n) is 3.73. The molecule has 0 aliphatic heterocycles. The molecule has 0 aliphatic rings. The van der Waals surface area contributed by atoms with Gasteiger partial charge in [0.15, 0.2) is 4.73 Å². The van der Waals surface area contributed by atoms with Crippen LogP contribution in [0.2, 0.25) is 0 Å². The maximum atomic E-state index is 4.21. The molecule has 0 amide bonds. The van der Waals surface area contributed by atoms with E-state index in [9.17, 15) is 0 Å². The molecule has 12 heavy (non-hydrogen) atoms. The van der Waals surface area contributed by atoms with Crippen LogP contribution in [0.3, 0.4) is 0 Å². The van der Waals surface area contributed by atoms with Gasteiger partial charge in [-0.15, -0.1) is 0 Å². The van der Waals surface area contributed by atoms with E-state index in [1.165, 1.54) is 12.8 Å². The molecule has 0 N–H and O–H groups in total. The summed E-state index contributed by atoms with van der Waals surface area (Å²) in [6.07, 6.45) is 2.36. The van der Waals surface area contributed by atoms with Crippen LogP contribution in [0.25, 0.3) is 0 Å². The largest absolute Gasteiger partial charge is 0.312 e. The van der Waals surface area contributed by atoms with Crippen LogP contribution in [0, 0.1) is 0 Å². The lowest BCUT2D eigenvalue weighted by molar-refractivity contribution is 0.611. The van der Waals surface area contributed by atoms with Gasteiger partial charge in [-0.05, 0) is 54.2 Å². The minimum Gasteiger partial charge on any atom is -0.312 e. The van der Waals surface area contributed by atoms with Crippen molar-refractivity contribution in [1.29, 1.82) is 0 Å². The molecule has 0 fully saturated rings. The third-order valence-corrected chi connectivity index (χ3v) is 4.05. The van der Waals surface area contributed by atoms with Gasteiger partial charge in [0, 0.05) is 6.54 Å². The van der Waals surface area contributed by atoms with Crippen LogP contribution in [0.5, 0.6) is 0 Å². The van der Waals surface area contributed by atoms with Crippen LogP contribution in [-0.2, 0) is 6.54 Å².